The van der Waals surface area contributed by atoms with Crippen LogP contribution in [0.15, 0.2) is 6.20 Å². The van der Waals surface area contributed by atoms with Crippen LogP contribution < -0.4 is 5.73 Å². The normalized spacial score (nSPS) is 21.2. The summed E-state index contributed by atoms with van der Waals surface area (Å²) in [5.41, 5.74) is 7.67. The summed E-state index contributed by atoms with van der Waals surface area (Å²) in [6.45, 7) is 2.23. The van der Waals surface area contributed by atoms with E-state index in [4.69, 9.17) is 17.3 Å². The summed E-state index contributed by atoms with van der Waals surface area (Å²) in [4.78, 5) is 0. The molecule has 1 saturated carbocycles. The summed E-state index contributed by atoms with van der Waals surface area (Å²) < 4.78 is 1.82. The smallest absolute Gasteiger partial charge is 0.0834 e. The van der Waals surface area contributed by atoms with E-state index in [1.807, 2.05) is 11.7 Å². The van der Waals surface area contributed by atoms with Gasteiger partial charge in [0.05, 0.1) is 23.0 Å². The number of halogens is 1. The predicted octanol–water partition coefficient (Wildman–Crippen LogP) is 3.04. The van der Waals surface area contributed by atoms with Crippen molar-refractivity contribution in [2.24, 2.45) is 18.2 Å². The van der Waals surface area contributed by atoms with Crippen LogP contribution in [0, 0.1) is 5.41 Å². The molecule has 1 aliphatic rings. The van der Waals surface area contributed by atoms with Crippen molar-refractivity contribution < 1.29 is 0 Å². The average Bonchev–Trinajstić information content (AvgIpc) is 2.86. The Morgan fingerprint density at radius 3 is 2.62 bits per heavy atom. The largest absolute Gasteiger partial charge is 0.322 e. The minimum atomic E-state index is 0.0139. The molecule has 90 valence electrons. The van der Waals surface area contributed by atoms with Gasteiger partial charge in [0.1, 0.15) is 0 Å². The van der Waals surface area contributed by atoms with Crippen molar-refractivity contribution in [2.45, 2.75) is 45.1 Å². The maximum Gasteiger partial charge on any atom is 0.0834 e. The van der Waals surface area contributed by atoms with Crippen LogP contribution in [0.2, 0.25) is 5.02 Å². The lowest BCUT2D eigenvalue weighted by Gasteiger charge is -2.34. The van der Waals surface area contributed by atoms with Gasteiger partial charge in [0, 0.05) is 7.05 Å². The van der Waals surface area contributed by atoms with Crippen LogP contribution >= 0.6 is 11.6 Å². The molecule has 1 aromatic rings. The van der Waals surface area contributed by atoms with Gasteiger partial charge >= 0.3 is 0 Å². The first-order valence-corrected chi connectivity index (χ1v) is 6.41. The molecular formula is C12H20ClN3. The second-order valence-corrected chi connectivity index (χ2v) is 5.31. The SMILES string of the molecule is CCC1(C(N)c2c(Cl)cnn2C)CCCC1. The predicted molar refractivity (Wildman–Crippen MR) is 66.3 cm³/mol. The van der Waals surface area contributed by atoms with Crippen molar-refractivity contribution in [3.05, 3.63) is 16.9 Å². The fourth-order valence-corrected chi connectivity index (χ4v) is 3.31. The number of nitrogens with zero attached hydrogens (tertiary/aromatic N) is 2. The number of aromatic nitrogens is 2. The van der Waals surface area contributed by atoms with Crippen LogP contribution in [0.3, 0.4) is 0 Å². The fourth-order valence-electron chi connectivity index (χ4n) is 3.02. The lowest BCUT2D eigenvalue weighted by atomic mass is 9.75. The Balaban J connectivity index is 2.33. The first kappa shape index (κ1) is 11.9. The van der Waals surface area contributed by atoms with E-state index in [1.54, 1.807) is 6.20 Å². The zero-order chi connectivity index (χ0) is 11.8. The Kier molecular flexibility index (Phi) is 3.27. The van der Waals surface area contributed by atoms with Crippen LogP contribution in [0.5, 0.6) is 0 Å². The van der Waals surface area contributed by atoms with E-state index in [0.717, 1.165) is 12.1 Å². The topological polar surface area (TPSA) is 43.8 Å². The molecule has 1 heterocycles. The molecule has 2 N–H and O–H groups in total. The summed E-state index contributed by atoms with van der Waals surface area (Å²) in [5.74, 6) is 0. The Labute approximate surface area is 102 Å². The molecular weight excluding hydrogens is 222 g/mol. The van der Waals surface area contributed by atoms with E-state index in [0.29, 0.717) is 5.02 Å². The minimum Gasteiger partial charge on any atom is -0.322 e. The number of hydrogen-bond donors (Lipinski definition) is 1. The molecule has 0 spiro atoms. The molecule has 3 nitrogen and oxygen atoms in total. The minimum absolute atomic E-state index is 0.0139. The molecule has 2 rings (SSSR count). The number of nitrogens with two attached hydrogens (primary N) is 1. The molecule has 16 heavy (non-hydrogen) atoms. The van der Waals surface area contributed by atoms with Gasteiger partial charge in [-0.25, -0.2) is 0 Å². The van der Waals surface area contributed by atoms with E-state index >= 15 is 0 Å². The quantitative estimate of drug-likeness (QED) is 0.884. The van der Waals surface area contributed by atoms with E-state index in [-0.39, 0.29) is 11.5 Å². The Bertz CT molecular complexity index is 347. The van der Waals surface area contributed by atoms with Crippen molar-refractivity contribution in [3.63, 3.8) is 0 Å². The zero-order valence-electron chi connectivity index (χ0n) is 10.0. The monoisotopic (exact) mass is 241 g/mol. The van der Waals surface area contributed by atoms with Crippen LogP contribution in [0.1, 0.15) is 50.8 Å². The van der Waals surface area contributed by atoms with Crippen molar-refractivity contribution in [1.82, 2.24) is 9.78 Å². The standard InChI is InChI=1S/C12H20ClN3/c1-3-12(6-4-5-7-12)11(14)10-9(13)8-15-16(10)2/h8,11H,3-7,14H2,1-2H3. The molecule has 0 bridgehead atoms. The summed E-state index contributed by atoms with van der Waals surface area (Å²) in [6.07, 6.45) is 7.82. The van der Waals surface area contributed by atoms with E-state index in [2.05, 4.69) is 12.0 Å². The van der Waals surface area contributed by atoms with Gasteiger partial charge in [0.2, 0.25) is 0 Å². The molecule has 1 unspecified atom stereocenters. The Morgan fingerprint density at radius 2 is 2.19 bits per heavy atom. The van der Waals surface area contributed by atoms with Crippen molar-refractivity contribution >= 4 is 11.6 Å². The van der Waals surface area contributed by atoms with E-state index < -0.39 is 0 Å². The summed E-state index contributed by atoms with van der Waals surface area (Å²) in [6, 6.07) is 0.0139. The second kappa shape index (κ2) is 4.38. The van der Waals surface area contributed by atoms with Crippen LogP contribution in [-0.4, -0.2) is 9.78 Å². The molecule has 4 heteroatoms. The van der Waals surface area contributed by atoms with E-state index in [9.17, 15) is 0 Å². The van der Waals surface area contributed by atoms with Crippen molar-refractivity contribution in [2.75, 3.05) is 0 Å². The van der Waals surface area contributed by atoms with Gasteiger partial charge < -0.3 is 5.73 Å². The number of rotatable bonds is 3. The van der Waals surface area contributed by atoms with Gasteiger partial charge in [-0.15, -0.1) is 0 Å². The maximum absolute atomic E-state index is 6.45. The van der Waals surface area contributed by atoms with Crippen LogP contribution in [-0.2, 0) is 7.05 Å². The first-order chi connectivity index (χ1) is 7.60. The lowest BCUT2D eigenvalue weighted by Crippen LogP contribution is -2.33. The molecule has 0 amide bonds. The zero-order valence-corrected chi connectivity index (χ0v) is 10.8. The molecule has 1 aliphatic carbocycles. The fraction of sp³-hybridized carbons (Fsp3) is 0.750. The molecule has 1 atom stereocenters. The highest BCUT2D eigenvalue weighted by atomic mass is 35.5. The van der Waals surface area contributed by atoms with Gasteiger partial charge in [0.15, 0.2) is 0 Å². The van der Waals surface area contributed by atoms with Gasteiger partial charge in [-0.1, -0.05) is 31.4 Å². The summed E-state index contributed by atoms with van der Waals surface area (Å²) in [5, 5.41) is 4.88. The molecule has 0 aromatic carbocycles. The highest BCUT2D eigenvalue weighted by Gasteiger charge is 2.40. The Morgan fingerprint density at radius 1 is 1.56 bits per heavy atom. The lowest BCUT2D eigenvalue weighted by molar-refractivity contribution is 0.214. The molecule has 0 radical (unpaired) electrons. The number of aryl methyl sites for hydroxylation is 1. The second-order valence-electron chi connectivity index (χ2n) is 4.90. The van der Waals surface area contributed by atoms with Gasteiger partial charge in [-0.3, -0.25) is 4.68 Å². The van der Waals surface area contributed by atoms with Gasteiger partial charge in [0.25, 0.3) is 0 Å². The van der Waals surface area contributed by atoms with Crippen LogP contribution in [0.25, 0.3) is 0 Å². The molecule has 0 saturated heterocycles. The van der Waals surface area contributed by atoms with Crippen LogP contribution in [0.4, 0.5) is 0 Å². The molecule has 1 aromatic heterocycles. The third-order valence-electron chi connectivity index (χ3n) is 4.20. The van der Waals surface area contributed by atoms with Gasteiger partial charge in [-0.2, -0.15) is 5.10 Å². The highest BCUT2D eigenvalue weighted by molar-refractivity contribution is 6.31. The third kappa shape index (κ3) is 1.76. The number of hydrogen-bond acceptors (Lipinski definition) is 2. The molecule has 1 fully saturated rings. The summed E-state index contributed by atoms with van der Waals surface area (Å²) in [7, 11) is 1.92. The maximum atomic E-state index is 6.45. The van der Waals surface area contributed by atoms with Crippen molar-refractivity contribution in [1.29, 1.82) is 0 Å². The average molecular weight is 242 g/mol. The molecule has 0 aliphatic heterocycles. The first-order valence-electron chi connectivity index (χ1n) is 6.04. The van der Waals surface area contributed by atoms with E-state index in [1.165, 1.54) is 25.7 Å². The Hall–Kier alpha value is -0.540. The summed E-state index contributed by atoms with van der Waals surface area (Å²) >= 11 is 6.17. The highest BCUT2D eigenvalue weighted by Crippen LogP contribution is 2.49. The third-order valence-corrected chi connectivity index (χ3v) is 4.49. The van der Waals surface area contributed by atoms with Crippen molar-refractivity contribution in [3.8, 4) is 0 Å². The van der Waals surface area contributed by atoms with Gasteiger partial charge in [-0.05, 0) is 24.7 Å².